The van der Waals surface area contributed by atoms with E-state index in [1.165, 1.54) is 23.1 Å². The quantitative estimate of drug-likeness (QED) is 0.765. The zero-order valence-electron chi connectivity index (χ0n) is 14.2. The third kappa shape index (κ3) is 2.83. The van der Waals surface area contributed by atoms with Gasteiger partial charge in [0.05, 0.1) is 36.7 Å². The summed E-state index contributed by atoms with van der Waals surface area (Å²) in [6.07, 6.45) is 2.88. The van der Waals surface area contributed by atoms with Crippen molar-refractivity contribution < 1.29 is 22.7 Å². The second kappa shape index (κ2) is 6.03. The summed E-state index contributed by atoms with van der Waals surface area (Å²) < 4.78 is 47.3. The maximum absolute atomic E-state index is 14.4. The summed E-state index contributed by atoms with van der Waals surface area (Å²) in [4.78, 5) is 13.4. The van der Waals surface area contributed by atoms with Crippen molar-refractivity contribution in [2.75, 3.05) is 24.6 Å². The Labute approximate surface area is 148 Å². The van der Waals surface area contributed by atoms with Crippen LogP contribution in [0.1, 0.15) is 22.8 Å². The van der Waals surface area contributed by atoms with Gasteiger partial charge < -0.3 is 9.64 Å². The first-order valence-electron chi connectivity index (χ1n) is 8.51. The summed E-state index contributed by atoms with van der Waals surface area (Å²) in [6, 6.07) is 4.73. The van der Waals surface area contributed by atoms with Gasteiger partial charge in [0, 0.05) is 30.5 Å². The smallest absolute Gasteiger partial charge is 0.341 e. The number of carbonyl (C=O) groups is 1. The van der Waals surface area contributed by atoms with Crippen LogP contribution >= 0.6 is 0 Å². The number of fused-ring (bicyclic) bond motifs is 1. The molecule has 138 valence electrons. The number of anilines is 1. The maximum atomic E-state index is 14.4. The van der Waals surface area contributed by atoms with E-state index in [1.807, 2.05) is 0 Å². The SMILES string of the molecule is CCOC(=O)c1cnn(Cc2ccc(N3CC4C(C3)C4(F)F)cc2F)c1. The highest BCUT2D eigenvalue weighted by molar-refractivity contribution is 5.88. The van der Waals surface area contributed by atoms with E-state index in [4.69, 9.17) is 4.74 Å². The zero-order chi connectivity index (χ0) is 18.5. The number of esters is 1. The molecule has 0 N–H and O–H groups in total. The van der Waals surface area contributed by atoms with Crippen LogP contribution in [0.15, 0.2) is 30.6 Å². The first kappa shape index (κ1) is 16.9. The molecule has 2 aliphatic rings. The van der Waals surface area contributed by atoms with Crippen molar-refractivity contribution in [3.63, 3.8) is 0 Å². The molecule has 1 aromatic heterocycles. The van der Waals surface area contributed by atoms with Crippen LogP contribution in [-0.4, -0.2) is 41.4 Å². The molecule has 2 heterocycles. The van der Waals surface area contributed by atoms with Gasteiger partial charge in [-0.05, 0) is 19.1 Å². The fraction of sp³-hybridized carbons (Fsp3) is 0.444. The molecule has 5 nitrogen and oxygen atoms in total. The largest absolute Gasteiger partial charge is 0.462 e. The van der Waals surface area contributed by atoms with Crippen molar-refractivity contribution in [2.24, 2.45) is 11.8 Å². The van der Waals surface area contributed by atoms with Gasteiger partial charge in [-0.3, -0.25) is 4.68 Å². The van der Waals surface area contributed by atoms with Gasteiger partial charge in [-0.25, -0.2) is 18.0 Å². The number of carbonyl (C=O) groups excluding carboxylic acids is 1. The van der Waals surface area contributed by atoms with E-state index in [2.05, 4.69) is 5.10 Å². The van der Waals surface area contributed by atoms with E-state index in [9.17, 15) is 18.0 Å². The number of aromatic nitrogens is 2. The normalized spacial score (nSPS) is 23.0. The van der Waals surface area contributed by atoms with Crippen molar-refractivity contribution in [3.05, 3.63) is 47.5 Å². The molecule has 0 spiro atoms. The molecule has 2 atom stereocenters. The lowest BCUT2D eigenvalue weighted by atomic mass is 10.1. The number of benzene rings is 1. The van der Waals surface area contributed by atoms with E-state index >= 15 is 0 Å². The van der Waals surface area contributed by atoms with Gasteiger partial charge in [-0.2, -0.15) is 5.10 Å². The molecule has 1 saturated carbocycles. The predicted molar refractivity (Wildman–Crippen MR) is 87.8 cm³/mol. The van der Waals surface area contributed by atoms with Crippen LogP contribution in [0.3, 0.4) is 0 Å². The standard InChI is InChI=1S/C18H18F3N3O2/c1-2-26-17(25)12-6-22-24(8-12)7-11-3-4-13(5-16(11)19)23-9-14-15(10-23)18(14,20)21/h3-6,8,14-15H,2,7,9-10H2,1H3. The molecular weight excluding hydrogens is 347 g/mol. The van der Waals surface area contributed by atoms with Crippen LogP contribution in [0.4, 0.5) is 18.9 Å². The topological polar surface area (TPSA) is 47.4 Å². The minimum Gasteiger partial charge on any atom is -0.462 e. The monoisotopic (exact) mass is 365 g/mol. The van der Waals surface area contributed by atoms with Crippen molar-refractivity contribution >= 4 is 11.7 Å². The lowest BCUT2D eigenvalue weighted by molar-refractivity contribution is 0.0526. The molecule has 8 heteroatoms. The second-order valence-corrected chi connectivity index (χ2v) is 6.72. The Hall–Kier alpha value is -2.51. The van der Waals surface area contributed by atoms with Gasteiger partial charge in [0.15, 0.2) is 0 Å². The molecule has 0 radical (unpaired) electrons. The number of nitrogens with zero attached hydrogens (tertiary/aromatic N) is 3. The Bertz CT molecular complexity index is 838. The molecule has 1 aliphatic carbocycles. The van der Waals surface area contributed by atoms with Gasteiger partial charge >= 0.3 is 5.97 Å². The summed E-state index contributed by atoms with van der Waals surface area (Å²) in [5.41, 5.74) is 1.32. The minimum absolute atomic E-state index is 0.162. The average Bonchev–Trinajstić information content (AvgIpc) is 3.05. The molecule has 0 bridgehead atoms. The highest BCUT2D eigenvalue weighted by Crippen LogP contribution is 2.59. The Kier molecular flexibility index (Phi) is 3.93. The van der Waals surface area contributed by atoms with Gasteiger partial charge in [0.1, 0.15) is 5.82 Å². The first-order valence-corrected chi connectivity index (χ1v) is 8.51. The number of hydrogen-bond donors (Lipinski definition) is 0. The van der Waals surface area contributed by atoms with Crippen LogP contribution in [0.5, 0.6) is 0 Å². The third-order valence-electron chi connectivity index (χ3n) is 5.08. The van der Waals surface area contributed by atoms with Crippen LogP contribution in [0.2, 0.25) is 0 Å². The van der Waals surface area contributed by atoms with Gasteiger partial charge in [0.2, 0.25) is 0 Å². The molecule has 1 saturated heterocycles. The number of halogens is 3. The molecule has 0 amide bonds. The fourth-order valence-electron chi connectivity index (χ4n) is 3.52. The Morgan fingerprint density at radius 1 is 1.35 bits per heavy atom. The van der Waals surface area contributed by atoms with Gasteiger partial charge in [-0.15, -0.1) is 0 Å². The average molecular weight is 365 g/mol. The van der Waals surface area contributed by atoms with E-state index < -0.39 is 29.5 Å². The highest BCUT2D eigenvalue weighted by atomic mass is 19.3. The maximum Gasteiger partial charge on any atom is 0.341 e. The molecule has 1 aromatic carbocycles. The fourth-order valence-corrected chi connectivity index (χ4v) is 3.52. The van der Waals surface area contributed by atoms with E-state index in [-0.39, 0.29) is 26.2 Å². The summed E-state index contributed by atoms with van der Waals surface area (Å²) in [7, 11) is 0. The lowest BCUT2D eigenvalue weighted by Crippen LogP contribution is -2.27. The molecule has 2 aromatic rings. The van der Waals surface area contributed by atoms with Gasteiger partial charge in [-0.1, -0.05) is 6.07 Å². The predicted octanol–water partition coefficient (Wildman–Crippen LogP) is 2.95. The van der Waals surface area contributed by atoms with Gasteiger partial charge in [0.25, 0.3) is 5.92 Å². The summed E-state index contributed by atoms with van der Waals surface area (Å²) in [6.45, 7) is 2.67. The summed E-state index contributed by atoms with van der Waals surface area (Å²) in [5.74, 6) is -4.65. The molecule has 26 heavy (non-hydrogen) atoms. The number of rotatable bonds is 5. The van der Waals surface area contributed by atoms with Crippen molar-refractivity contribution in [3.8, 4) is 0 Å². The van der Waals surface area contributed by atoms with Crippen molar-refractivity contribution in [1.82, 2.24) is 9.78 Å². The number of alkyl halides is 2. The van der Waals surface area contributed by atoms with E-state index in [0.29, 0.717) is 16.8 Å². The molecule has 2 fully saturated rings. The zero-order valence-corrected chi connectivity index (χ0v) is 14.2. The molecular formula is C18H18F3N3O2. The second-order valence-electron chi connectivity index (χ2n) is 6.72. The van der Waals surface area contributed by atoms with Crippen molar-refractivity contribution in [2.45, 2.75) is 19.4 Å². The van der Waals surface area contributed by atoms with Crippen LogP contribution in [0, 0.1) is 17.7 Å². The van der Waals surface area contributed by atoms with E-state index in [0.717, 1.165) is 0 Å². The third-order valence-corrected chi connectivity index (χ3v) is 5.08. The number of ether oxygens (including phenoxy) is 1. The summed E-state index contributed by atoms with van der Waals surface area (Å²) >= 11 is 0. The minimum atomic E-state index is -2.55. The lowest BCUT2D eigenvalue weighted by Gasteiger charge is -2.22. The van der Waals surface area contributed by atoms with Crippen LogP contribution in [0.25, 0.3) is 0 Å². The first-order chi connectivity index (χ1) is 12.4. The molecule has 1 aliphatic heterocycles. The van der Waals surface area contributed by atoms with Crippen molar-refractivity contribution in [1.29, 1.82) is 0 Å². The van der Waals surface area contributed by atoms with Crippen LogP contribution < -0.4 is 4.90 Å². The van der Waals surface area contributed by atoms with E-state index in [1.54, 1.807) is 24.0 Å². The number of hydrogen-bond acceptors (Lipinski definition) is 4. The Balaban J connectivity index is 1.43. The number of piperidine rings is 1. The van der Waals surface area contributed by atoms with Crippen LogP contribution in [-0.2, 0) is 11.3 Å². The highest BCUT2D eigenvalue weighted by Gasteiger charge is 2.71. The Morgan fingerprint density at radius 3 is 2.73 bits per heavy atom. The Morgan fingerprint density at radius 2 is 2.08 bits per heavy atom. The summed E-state index contributed by atoms with van der Waals surface area (Å²) in [5, 5.41) is 4.04. The molecule has 4 rings (SSSR count). The molecule has 2 unspecified atom stereocenters.